The number of carbonyl (C=O) groups excluding carboxylic acids is 2. The number of rotatable bonds is 3. The monoisotopic (exact) mass is 225 g/mol. The van der Waals surface area contributed by atoms with Crippen LogP contribution in [0, 0.1) is 0 Å². The highest BCUT2D eigenvalue weighted by molar-refractivity contribution is 7.80. The third-order valence-electron chi connectivity index (χ3n) is 1.71. The lowest BCUT2D eigenvalue weighted by molar-refractivity contribution is 0.0526. The predicted octanol–water partition coefficient (Wildman–Crippen LogP) is 1.25. The highest BCUT2D eigenvalue weighted by Crippen LogP contribution is 2.14. The second-order valence-electron chi connectivity index (χ2n) is 2.85. The standard InChI is InChI=1S/C10H11NO3S/c1-2-14-10(13)7-3-6(9(11)12)4-8(15)5-7/h3-5,15H,2H2,1H3,(H2,11,12). The lowest BCUT2D eigenvalue weighted by Crippen LogP contribution is -2.13. The normalized spacial score (nSPS) is 9.73. The summed E-state index contributed by atoms with van der Waals surface area (Å²) in [6.45, 7) is 1.99. The lowest BCUT2D eigenvalue weighted by atomic mass is 10.1. The van der Waals surface area contributed by atoms with Gasteiger partial charge in [0.2, 0.25) is 5.91 Å². The van der Waals surface area contributed by atoms with Crippen LogP contribution in [0.3, 0.4) is 0 Å². The first-order valence-electron chi connectivity index (χ1n) is 4.35. The van der Waals surface area contributed by atoms with E-state index in [-0.39, 0.29) is 17.7 Å². The van der Waals surface area contributed by atoms with Gasteiger partial charge in [0.1, 0.15) is 0 Å². The summed E-state index contributed by atoms with van der Waals surface area (Å²) >= 11 is 4.07. The summed E-state index contributed by atoms with van der Waals surface area (Å²) in [5.74, 6) is -1.09. The van der Waals surface area contributed by atoms with Crippen LogP contribution < -0.4 is 5.73 Å². The van der Waals surface area contributed by atoms with Crippen molar-refractivity contribution in [2.24, 2.45) is 5.73 Å². The number of amides is 1. The molecule has 0 aliphatic rings. The molecule has 0 aliphatic carbocycles. The minimum absolute atomic E-state index is 0.241. The van der Waals surface area contributed by atoms with Crippen molar-refractivity contribution in [3.05, 3.63) is 29.3 Å². The van der Waals surface area contributed by atoms with E-state index in [4.69, 9.17) is 10.5 Å². The van der Waals surface area contributed by atoms with Crippen molar-refractivity contribution < 1.29 is 14.3 Å². The van der Waals surface area contributed by atoms with Crippen molar-refractivity contribution >= 4 is 24.5 Å². The number of hydrogen-bond donors (Lipinski definition) is 2. The average molecular weight is 225 g/mol. The van der Waals surface area contributed by atoms with Gasteiger partial charge in [0.15, 0.2) is 0 Å². The van der Waals surface area contributed by atoms with Crippen LogP contribution in [0.1, 0.15) is 27.6 Å². The average Bonchev–Trinajstić information content (AvgIpc) is 2.17. The molecule has 0 fully saturated rings. The van der Waals surface area contributed by atoms with E-state index in [2.05, 4.69) is 12.6 Å². The second kappa shape index (κ2) is 4.84. The van der Waals surface area contributed by atoms with E-state index >= 15 is 0 Å². The van der Waals surface area contributed by atoms with Crippen molar-refractivity contribution in [2.75, 3.05) is 6.61 Å². The molecule has 0 saturated carbocycles. The molecule has 1 amide bonds. The van der Waals surface area contributed by atoms with Crippen molar-refractivity contribution in [1.82, 2.24) is 0 Å². The van der Waals surface area contributed by atoms with E-state index < -0.39 is 11.9 Å². The molecule has 0 unspecified atom stereocenters. The van der Waals surface area contributed by atoms with Gasteiger partial charge in [-0.1, -0.05) is 0 Å². The zero-order chi connectivity index (χ0) is 11.4. The Bertz CT molecular complexity index is 404. The van der Waals surface area contributed by atoms with Crippen LogP contribution in [0.4, 0.5) is 0 Å². The molecule has 2 N–H and O–H groups in total. The first-order valence-corrected chi connectivity index (χ1v) is 4.80. The van der Waals surface area contributed by atoms with Gasteiger partial charge in [0.05, 0.1) is 12.2 Å². The zero-order valence-corrected chi connectivity index (χ0v) is 9.08. The molecule has 0 aromatic heterocycles. The smallest absolute Gasteiger partial charge is 0.338 e. The van der Waals surface area contributed by atoms with E-state index in [1.54, 1.807) is 6.92 Å². The molecular formula is C10H11NO3S. The number of ether oxygens (including phenoxy) is 1. The van der Waals surface area contributed by atoms with Gasteiger partial charge < -0.3 is 10.5 Å². The number of thiol groups is 1. The zero-order valence-electron chi connectivity index (χ0n) is 8.19. The maximum Gasteiger partial charge on any atom is 0.338 e. The molecule has 0 spiro atoms. The van der Waals surface area contributed by atoms with Gasteiger partial charge in [-0.25, -0.2) is 4.79 Å². The maximum atomic E-state index is 11.4. The van der Waals surface area contributed by atoms with Gasteiger partial charge in [0.25, 0.3) is 0 Å². The van der Waals surface area contributed by atoms with Crippen LogP contribution in [-0.2, 0) is 4.74 Å². The molecular weight excluding hydrogens is 214 g/mol. The molecule has 4 nitrogen and oxygen atoms in total. The van der Waals surface area contributed by atoms with Crippen molar-refractivity contribution in [2.45, 2.75) is 11.8 Å². The molecule has 1 rings (SSSR count). The first-order chi connectivity index (χ1) is 7.04. The van der Waals surface area contributed by atoms with Crippen molar-refractivity contribution in [3.8, 4) is 0 Å². The Hall–Kier alpha value is -1.49. The van der Waals surface area contributed by atoms with Crippen molar-refractivity contribution in [3.63, 3.8) is 0 Å². The van der Waals surface area contributed by atoms with E-state index in [0.29, 0.717) is 4.90 Å². The fourth-order valence-electron chi connectivity index (χ4n) is 1.09. The van der Waals surface area contributed by atoms with Crippen LogP contribution in [0.2, 0.25) is 0 Å². The Labute approximate surface area is 92.8 Å². The Balaban J connectivity index is 3.09. The van der Waals surface area contributed by atoms with Gasteiger partial charge in [-0.2, -0.15) is 0 Å². The Morgan fingerprint density at radius 3 is 2.47 bits per heavy atom. The van der Waals surface area contributed by atoms with E-state index in [1.165, 1.54) is 18.2 Å². The number of carbonyl (C=O) groups is 2. The summed E-state index contributed by atoms with van der Waals surface area (Å²) in [6.07, 6.45) is 0. The predicted molar refractivity (Wildman–Crippen MR) is 58.2 cm³/mol. The number of nitrogens with two attached hydrogens (primary N) is 1. The summed E-state index contributed by atoms with van der Waals surface area (Å²) in [5.41, 5.74) is 5.62. The molecule has 0 bridgehead atoms. The molecule has 80 valence electrons. The second-order valence-corrected chi connectivity index (χ2v) is 3.37. The number of hydrogen-bond acceptors (Lipinski definition) is 4. The Morgan fingerprint density at radius 2 is 1.93 bits per heavy atom. The summed E-state index contributed by atoms with van der Waals surface area (Å²) in [6, 6.07) is 4.40. The summed E-state index contributed by atoms with van der Waals surface area (Å²) < 4.78 is 4.79. The Kier molecular flexibility index (Phi) is 3.74. The van der Waals surface area contributed by atoms with Gasteiger partial charge in [-0.15, -0.1) is 12.6 Å². The third-order valence-corrected chi connectivity index (χ3v) is 1.97. The molecule has 1 aromatic carbocycles. The van der Waals surface area contributed by atoms with E-state index in [9.17, 15) is 9.59 Å². The van der Waals surface area contributed by atoms with Crippen LogP contribution in [0.5, 0.6) is 0 Å². The van der Waals surface area contributed by atoms with E-state index in [0.717, 1.165) is 0 Å². The highest BCUT2D eigenvalue weighted by Gasteiger charge is 2.10. The fraction of sp³-hybridized carbons (Fsp3) is 0.200. The number of esters is 1. The van der Waals surface area contributed by atoms with Gasteiger partial charge in [-0.3, -0.25) is 4.79 Å². The highest BCUT2D eigenvalue weighted by atomic mass is 32.1. The maximum absolute atomic E-state index is 11.4. The quantitative estimate of drug-likeness (QED) is 0.601. The van der Waals surface area contributed by atoms with Crippen LogP contribution in [0.25, 0.3) is 0 Å². The van der Waals surface area contributed by atoms with Crippen LogP contribution in [0.15, 0.2) is 23.1 Å². The minimum atomic E-state index is -0.601. The molecule has 0 radical (unpaired) electrons. The molecule has 0 aliphatic heterocycles. The van der Waals surface area contributed by atoms with Crippen molar-refractivity contribution in [1.29, 1.82) is 0 Å². The number of primary amides is 1. The van der Waals surface area contributed by atoms with Crippen LogP contribution >= 0.6 is 12.6 Å². The third kappa shape index (κ3) is 2.99. The first kappa shape index (κ1) is 11.6. The van der Waals surface area contributed by atoms with Gasteiger partial charge in [0, 0.05) is 10.5 Å². The van der Waals surface area contributed by atoms with Gasteiger partial charge >= 0.3 is 5.97 Å². The SMILES string of the molecule is CCOC(=O)c1cc(S)cc(C(N)=O)c1. The largest absolute Gasteiger partial charge is 0.462 e. The molecule has 0 atom stereocenters. The molecule has 0 heterocycles. The van der Waals surface area contributed by atoms with Crippen LogP contribution in [-0.4, -0.2) is 18.5 Å². The topological polar surface area (TPSA) is 69.4 Å². The fourth-order valence-corrected chi connectivity index (χ4v) is 1.36. The van der Waals surface area contributed by atoms with E-state index in [1.807, 2.05) is 0 Å². The minimum Gasteiger partial charge on any atom is -0.462 e. The summed E-state index contributed by atoms with van der Waals surface area (Å²) in [4.78, 5) is 22.8. The number of benzene rings is 1. The summed E-state index contributed by atoms with van der Waals surface area (Å²) in [5, 5.41) is 0. The Morgan fingerprint density at radius 1 is 1.33 bits per heavy atom. The molecule has 15 heavy (non-hydrogen) atoms. The molecule has 1 aromatic rings. The molecule has 5 heteroatoms. The van der Waals surface area contributed by atoms with Gasteiger partial charge in [-0.05, 0) is 25.1 Å². The lowest BCUT2D eigenvalue weighted by Gasteiger charge is -2.04. The molecule has 0 saturated heterocycles. The summed E-state index contributed by atoms with van der Waals surface area (Å²) in [7, 11) is 0.